The van der Waals surface area contributed by atoms with E-state index in [9.17, 15) is 4.21 Å². The summed E-state index contributed by atoms with van der Waals surface area (Å²) in [4.78, 5) is 4.53. The fraction of sp³-hybridized carbons (Fsp3) is 0.381. The van der Waals surface area contributed by atoms with Crippen molar-refractivity contribution < 1.29 is 13.7 Å². The number of aliphatic imine (C=N–C) groups is 1. The van der Waals surface area contributed by atoms with E-state index >= 15 is 0 Å². The Hall–Kier alpha value is -1.81. The van der Waals surface area contributed by atoms with E-state index in [2.05, 4.69) is 15.6 Å². The molecule has 0 aliphatic rings. The molecule has 6 nitrogen and oxygen atoms in total. The fourth-order valence-corrected chi connectivity index (χ4v) is 3.56. The Morgan fingerprint density at radius 1 is 1.10 bits per heavy atom. The number of benzene rings is 2. The SMILES string of the molecule is CCNC(=NCCS(=O)Cc1ccccc1)Nc1ccc(OCC)c(OC)c1.I. The van der Waals surface area contributed by atoms with Crippen LogP contribution >= 0.6 is 24.0 Å². The molecule has 0 bridgehead atoms. The van der Waals surface area contributed by atoms with Crippen LogP contribution in [0.1, 0.15) is 19.4 Å². The molecule has 29 heavy (non-hydrogen) atoms. The molecular formula is C21H30IN3O3S. The normalized spacial score (nSPS) is 11.9. The first-order valence-corrected chi connectivity index (χ1v) is 10.9. The van der Waals surface area contributed by atoms with E-state index in [0.717, 1.165) is 17.8 Å². The molecule has 0 aliphatic heterocycles. The molecule has 0 spiro atoms. The van der Waals surface area contributed by atoms with Gasteiger partial charge in [-0.05, 0) is 31.5 Å². The molecule has 0 aliphatic carbocycles. The van der Waals surface area contributed by atoms with Crippen molar-refractivity contribution in [3.8, 4) is 11.5 Å². The van der Waals surface area contributed by atoms with E-state index in [1.165, 1.54) is 0 Å². The highest BCUT2D eigenvalue weighted by Crippen LogP contribution is 2.30. The Morgan fingerprint density at radius 2 is 1.86 bits per heavy atom. The molecule has 1 unspecified atom stereocenters. The lowest BCUT2D eigenvalue weighted by atomic mass is 10.2. The minimum Gasteiger partial charge on any atom is -0.493 e. The Kier molecular flexibility index (Phi) is 12.4. The maximum atomic E-state index is 12.3. The topological polar surface area (TPSA) is 72.0 Å². The summed E-state index contributed by atoms with van der Waals surface area (Å²) in [5.74, 6) is 3.07. The number of hydrogen-bond acceptors (Lipinski definition) is 4. The van der Waals surface area contributed by atoms with Gasteiger partial charge in [0, 0.05) is 40.6 Å². The van der Waals surface area contributed by atoms with Gasteiger partial charge in [0.15, 0.2) is 17.5 Å². The molecule has 0 saturated carbocycles. The van der Waals surface area contributed by atoms with Crippen molar-refractivity contribution in [3.05, 3.63) is 54.1 Å². The summed E-state index contributed by atoms with van der Waals surface area (Å²) >= 11 is 0. The third-order valence-corrected chi connectivity index (χ3v) is 5.12. The van der Waals surface area contributed by atoms with Crippen LogP contribution in [0.2, 0.25) is 0 Å². The van der Waals surface area contributed by atoms with Crippen LogP contribution in [-0.2, 0) is 16.6 Å². The van der Waals surface area contributed by atoms with Gasteiger partial charge < -0.3 is 20.1 Å². The lowest BCUT2D eigenvalue weighted by molar-refractivity contribution is 0.311. The fourth-order valence-electron chi connectivity index (χ4n) is 2.56. The summed E-state index contributed by atoms with van der Waals surface area (Å²) in [5, 5.41) is 6.45. The van der Waals surface area contributed by atoms with Gasteiger partial charge in [0.1, 0.15) is 0 Å². The Bertz CT molecular complexity index is 788. The Morgan fingerprint density at radius 3 is 2.52 bits per heavy atom. The number of guanidine groups is 1. The van der Waals surface area contributed by atoms with E-state index < -0.39 is 10.8 Å². The summed E-state index contributed by atoms with van der Waals surface area (Å²) in [6.45, 7) is 5.72. The lowest BCUT2D eigenvalue weighted by Crippen LogP contribution is -2.31. The van der Waals surface area contributed by atoms with Gasteiger partial charge in [-0.3, -0.25) is 9.20 Å². The van der Waals surface area contributed by atoms with Crippen LogP contribution in [0, 0.1) is 0 Å². The molecule has 2 aromatic carbocycles. The summed E-state index contributed by atoms with van der Waals surface area (Å²) in [6.07, 6.45) is 0. The maximum absolute atomic E-state index is 12.3. The molecule has 8 heteroatoms. The largest absolute Gasteiger partial charge is 0.493 e. The van der Waals surface area contributed by atoms with Crippen molar-refractivity contribution in [2.45, 2.75) is 19.6 Å². The van der Waals surface area contributed by atoms with Crippen LogP contribution in [0.5, 0.6) is 11.5 Å². The van der Waals surface area contributed by atoms with Crippen molar-refractivity contribution in [1.82, 2.24) is 5.32 Å². The van der Waals surface area contributed by atoms with Crippen LogP contribution in [-0.4, -0.2) is 42.7 Å². The number of halogens is 1. The van der Waals surface area contributed by atoms with Crippen LogP contribution in [0.15, 0.2) is 53.5 Å². The molecule has 0 heterocycles. The van der Waals surface area contributed by atoms with Gasteiger partial charge in [-0.2, -0.15) is 0 Å². The Balaban J connectivity index is 0.00000420. The highest BCUT2D eigenvalue weighted by molar-refractivity contribution is 14.0. The molecule has 0 fully saturated rings. The average Bonchev–Trinajstić information content (AvgIpc) is 2.70. The van der Waals surface area contributed by atoms with E-state index in [4.69, 9.17) is 9.47 Å². The molecule has 2 N–H and O–H groups in total. The second kappa shape index (κ2) is 14.2. The third kappa shape index (κ3) is 9.03. The first-order chi connectivity index (χ1) is 13.7. The number of ether oxygens (including phenoxy) is 2. The second-order valence-electron chi connectivity index (χ2n) is 5.96. The van der Waals surface area contributed by atoms with Gasteiger partial charge in [0.2, 0.25) is 0 Å². The average molecular weight is 531 g/mol. The predicted octanol–water partition coefficient (Wildman–Crippen LogP) is 4.04. The molecule has 2 rings (SSSR count). The van der Waals surface area contributed by atoms with Crippen molar-refractivity contribution in [3.63, 3.8) is 0 Å². The lowest BCUT2D eigenvalue weighted by Gasteiger charge is -2.14. The summed E-state index contributed by atoms with van der Waals surface area (Å²) in [6, 6.07) is 15.5. The van der Waals surface area contributed by atoms with Gasteiger partial charge in [0.25, 0.3) is 0 Å². The molecule has 2 aromatic rings. The van der Waals surface area contributed by atoms with E-state index in [0.29, 0.717) is 42.1 Å². The maximum Gasteiger partial charge on any atom is 0.195 e. The summed E-state index contributed by atoms with van der Waals surface area (Å²) in [7, 11) is 0.666. The third-order valence-electron chi connectivity index (χ3n) is 3.83. The summed E-state index contributed by atoms with van der Waals surface area (Å²) < 4.78 is 23.2. The zero-order valence-corrected chi connectivity index (χ0v) is 20.3. The van der Waals surface area contributed by atoms with Crippen molar-refractivity contribution in [2.75, 3.05) is 37.9 Å². The van der Waals surface area contributed by atoms with Crippen LogP contribution in [0.4, 0.5) is 5.69 Å². The number of nitrogens with zero attached hydrogens (tertiary/aromatic N) is 1. The van der Waals surface area contributed by atoms with E-state index in [1.54, 1.807) is 7.11 Å². The highest BCUT2D eigenvalue weighted by Gasteiger charge is 2.07. The van der Waals surface area contributed by atoms with Crippen LogP contribution < -0.4 is 20.1 Å². The second-order valence-corrected chi connectivity index (χ2v) is 7.53. The molecule has 0 amide bonds. The minimum absolute atomic E-state index is 0. The van der Waals surface area contributed by atoms with Gasteiger partial charge >= 0.3 is 0 Å². The standard InChI is InChI=1S/C21H29N3O3S.HI/c1-4-22-21(23-13-14-28(25)16-17-9-7-6-8-10-17)24-18-11-12-19(27-5-2)20(15-18)26-3;/h6-12,15H,4-5,13-14,16H2,1-3H3,(H2,22,23,24);1H. The van der Waals surface area contributed by atoms with E-state index in [1.807, 2.05) is 62.4 Å². The first-order valence-electron chi connectivity index (χ1n) is 9.41. The van der Waals surface area contributed by atoms with Gasteiger partial charge in [-0.15, -0.1) is 24.0 Å². The quantitative estimate of drug-likeness (QED) is 0.275. The van der Waals surface area contributed by atoms with Crippen LogP contribution in [0.3, 0.4) is 0 Å². The molecule has 160 valence electrons. The number of hydrogen-bond donors (Lipinski definition) is 2. The Labute approximate surface area is 193 Å². The van der Waals surface area contributed by atoms with Crippen LogP contribution in [0.25, 0.3) is 0 Å². The highest BCUT2D eigenvalue weighted by atomic mass is 127. The number of anilines is 1. The molecule has 0 saturated heterocycles. The van der Waals surface area contributed by atoms with Crippen molar-refractivity contribution in [2.24, 2.45) is 4.99 Å². The number of rotatable bonds is 10. The zero-order valence-electron chi connectivity index (χ0n) is 17.1. The molecule has 0 radical (unpaired) electrons. The van der Waals surface area contributed by atoms with Crippen molar-refractivity contribution >= 4 is 46.4 Å². The predicted molar refractivity (Wildman–Crippen MR) is 132 cm³/mol. The summed E-state index contributed by atoms with van der Waals surface area (Å²) in [5.41, 5.74) is 1.92. The molecule has 1 atom stereocenters. The minimum atomic E-state index is -0.948. The van der Waals surface area contributed by atoms with Crippen molar-refractivity contribution in [1.29, 1.82) is 0 Å². The van der Waals surface area contributed by atoms with E-state index in [-0.39, 0.29) is 24.0 Å². The van der Waals surface area contributed by atoms with Gasteiger partial charge in [0.05, 0.1) is 20.3 Å². The monoisotopic (exact) mass is 531 g/mol. The number of methoxy groups -OCH3 is 1. The first kappa shape index (κ1) is 25.2. The molecule has 0 aromatic heterocycles. The zero-order chi connectivity index (χ0) is 20.2. The van der Waals surface area contributed by atoms with Gasteiger partial charge in [-0.1, -0.05) is 30.3 Å². The number of nitrogens with one attached hydrogen (secondary N) is 2. The molecular weight excluding hydrogens is 501 g/mol. The smallest absolute Gasteiger partial charge is 0.195 e. The van der Waals surface area contributed by atoms with Gasteiger partial charge in [-0.25, -0.2) is 0 Å².